The predicted molar refractivity (Wildman–Crippen MR) is 149 cm³/mol. The molecule has 0 saturated carbocycles. The maximum atomic E-state index is 13.2. The average molecular weight is 512 g/mol. The van der Waals surface area contributed by atoms with Gasteiger partial charge in [-0.05, 0) is 35.2 Å². The largest absolute Gasteiger partial charge is 0.497 e. The number of hydrogen-bond acceptors (Lipinski definition) is 6. The number of ether oxygens (including phenoxy) is 1. The number of benzene rings is 3. The zero-order valence-corrected chi connectivity index (χ0v) is 21.4. The van der Waals surface area contributed by atoms with Crippen molar-refractivity contribution < 1.29 is 9.84 Å². The Morgan fingerprint density at radius 1 is 0.973 bits per heavy atom. The Morgan fingerprint density at radius 2 is 1.70 bits per heavy atom. The fourth-order valence-corrected chi connectivity index (χ4v) is 5.53. The smallest absolute Gasteiger partial charge is 0.260 e. The third-order valence-electron chi connectivity index (χ3n) is 6.28. The molecule has 2 aromatic heterocycles. The van der Waals surface area contributed by atoms with Crippen LogP contribution in [0.15, 0.2) is 95.1 Å². The summed E-state index contributed by atoms with van der Waals surface area (Å²) in [5.74, 6) is 1.32. The first-order chi connectivity index (χ1) is 18.1. The van der Waals surface area contributed by atoms with Gasteiger partial charge in [-0.2, -0.15) is 0 Å². The van der Waals surface area contributed by atoms with E-state index < -0.39 is 6.10 Å². The number of aromatic amines is 1. The van der Waals surface area contributed by atoms with Gasteiger partial charge in [-0.3, -0.25) is 9.69 Å². The summed E-state index contributed by atoms with van der Waals surface area (Å²) in [7, 11) is 1.63. The van der Waals surface area contributed by atoms with Crippen molar-refractivity contribution in [1.29, 1.82) is 0 Å². The molecule has 2 N–H and O–H groups in total. The summed E-state index contributed by atoms with van der Waals surface area (Å²) < 4.78 is 5.35. The maximum absolute atomic E-state index is 13.2. The van der Waals surface area contributed by atoms with Crippen LogP contribution >= 0.6 is 11.3 Å². The summed E-state index contributed by atoms with van der Waals surface area (Å²) in [5, 5.41) is 13.4. The third kappa shape index (κ3) is 6.14. The zero-order chi connectivity index (χ0) is 25.6. The van der Waals surface area contributed by atoms with Gasteiger partial charge in [-0.25, -0.2) is 4.98 Å². The van der Waals surface area contributed by atoms with Crippen LogP contribution in [0.4, 0.5) is 0 Å². The number of H-pyrrole nitrogens is 1. The second-order valence-corrected chi connectivity index (χ2v) is 9.93. The lowest BCUT2D eigenvalue weighted by molar-refractivity contribution is 0.103. The first-order valence-corrected chi connectivity index (χ1v) is 13.1. The Balaban J connectivity index is 1.40. The molecule has 0 fully saturated rings. The van der Waals surface area contributed by atoms with Crippen LogP contribution in [0.2, 0.25) is 0 Å². The molecule has 188 valence electrons. The van der Waals surface area contributed by atoms with Crippen LogP contribution in [0.1, 0.15) is 17.0 Å². The molecule has 1 unspecified atom stereocenters. The van der Waals surface area contributed by atoms with Crippen molar-refractivity contribution in [3.63, 3.8) is 0 Å². The summed E-state index contributed by atoms with van der Waals surface area (Å²) in [6.07, 6.45) is 0.00665. The summed E-state index contributed by atoms with van der Waals surface area (Å²) in [5.41, 5.74) is 3.82. The molecular formula is C30H29N3O3S. The van der Waals surface area contributed by atoms with E-state index in [9.17, 15) is 9.90 Å². The van der Waals surface area contributed by atoms with Crippen molar-refractivity contribution in [3.05, 3.63) is 118 Å². The molecule has 0 aliphatic heterocycles. The van der Waals surface area contributed by atoms with E-state index in [1.165, 1.54) is 11.3 Å². The SMILES string of the molecule is COc1cccc(-c2csc3nc(CN(Cc4ccccc4)CC(O)Cc4ccccc4)[nH]c(=O)c23)c1. The number of nitrogens with zero attached hydrogens (tertiary/aromatic N) is 2. The van der Waals surface area contributed by atoms with Crippen LogP contribution in [0.5, 0.6) is 5.75 Å². The van der Waals surface area contributed by atoms with Gasteiger partial charge >= 0.3 is 0 Å². The summed E-state index contributed by atoms with van der Waals surface area (Å²) in [6.45, 7) is 1.50. The number of aromatic nitrogens is 2. The quantitative estimate of drug-likeness (QED) is 0.267. The molecule has 6 nitrogen and oxygen atoms in total. The molecule has 0 amide bonds. The normalized spacial score (nSPS) is 12.2. The molecule has 5 rings (SSSR count). The van der Waals surface area contributed by atoms with Crippen molar-refractivity contribution >= 4 is 21.6 Å². The zero-order valence-electron chi connectivity index (χ0n) is 20.6. The van der Waals surface area contributed by atoms with Gasteiger partial charge in [-0.15, -0.1) is 11.3 Å². The molecule has 0 spiro atoms. The van der Waals surface area contributed by atoms with Crippen molar-refractivity contribution in [2.75, 3.05) is 13.7 Å². The van der Waals surface area contributed by atoms with Gasteiger partial charge in [0, 0.05) is 24.0 Å². The van der Waals surface area contributed by atoms with Gasteiger partial charge in [0.2, 0.25) is 0 Å². The number of fused-ring (bicyclic) bond motifs is 1. The average Bonchev–Trinajstić information content (AvgIpc) is 3.34. The molecule has 3 aromatic carbocycles. The minimum Gasteiger partial charge on any atom is -0.497 e. The standard InChI is InChI=1S/C30H29N3O3S/c1-36-25-14-8-13-23(16-25)26-20-37-30-28(26)29(35)31-27(32-30)19-33(17-22-11-6-3-7-12-22)18-24(34)15-21-9-4-2-5-10-21/h2-14,16,20,24,34H,15,17-19H2,1H3,(H,31,32,35). The lowest BCUT2D eigenvalue weighted by Crippen LogP contribution is -2.34. The van der Waals surface area contributed by atoms with Crippen LogP contribution < -0.4 is 10.3 Å². The summed E-state index contributed by atoms with van der Waals surface area (Å²) in [6, 6.07) is 27.8. The van der Waals surface area contributed by atoms with E-state index in [1.807, 2.05) is 78.2 Å². The van der Waals surface area contributed by atoms with Crippen LogP contribution in [-0.2, 0) is 19.5 Å². The fourth-order valence-electron chi connectivity index (χ4n) is 4.56. The number of thiophene rings is 1. The van der Waals surface area contributed by atoms with Gasteiger partial charge in [0.05, 0.1) is 25.1 Å². The minimum atomic E-state index is -0.553. The molecule has 0 bridgehead atoms. The summed E-state index contributed by atoms with van der Waals surface area (Å²) in [4.78, 5) is 23.9. The number of aliphatic hydroxyl groups is 1. The predicted octanol–water partition coefficient (Wildman–Crippen LogP) is 5.27. The second kappa shape index (κ2) is 11.5. The van der Waals surface area contributed by atoms with E-state index in [-0.39, 0.29) is 5.56 Å². The molecule has 0 saturated heterocycles. The molecule has 7 heteroatoms. The number of hydrogen-bond donors (Lipinski definition) is 2. The van der Waals surface area contributed by atoms with Crippen LogP contribution in [0.25, 0.3) is 21.3 Å². The Hall–Kier alpha value is -3.78. The number of nitrogens with one attached hydrogen (secondary N) is 1. The number of methoxy groups -OCH3 is 1. The highest BCUT2D eigenvalue weighted by Crippen LogP contribution is 2.32. The monoisotopic (exact) mass is 511 g/mol. The van der Waals surface area contributed by atoms with Gasteiger partial charge in [0.15, 0.2) is 0 Å². The topological polar surface area (TPSA) is 78.5 Å². The Kier molecular flexibility index (Phi) is 7.75. The molecule has 0 radical (unpaired) electrons. The lowest BCUT2D eigenvalue weighted by Gasteiger charge is -2.25. The van der Waals surface area contributed by atoms with E-state index in [2.05, 4.69) is 22.0 Å². The van der Waals surface area contributed by atoms with Crippen molar-refractivity contribution in [2.45, 2.75) is 25.6 Å². The van der Waals surface area contributed by atoms with Crippen LogP contribution in [-0.4, -0.2) is 39.7 Å². The van der Waals surface area contributed by atoms with Crippen LogP contribution in [0.3, 0.4) is 0 Å². The van der Waals surface area contributed by atoms with Gasteiger partial charge in [-0.1, -0.05) is 72.8 Å². The summed E-state index contributed by atoms with van der Waals surface area (Å²) >= 11 is 1.46. The molecule has 1 atom stereocenters. The highest BCUT2D eigenvalue weighted by atomic mass is 32.1. The van der Waals surface area contributed by atoms with Gasteiger partial charge in [0.25, 0.3) is 5.56 Å². The third-order valence-corrected chi connectivity index (χ3v) is 7.15. The molecule has 2 heterocycles. The molecule has 37 heavy (non-hydrogen) atoms. The van der Waals surface area contributed by atoms with E-state index in [0.717, 1.165) is 28.0 Å². The van der Waals surface area contributed by atoms with Crippen molar-refractivity contribution in [3.8, 4) is 16.9 Å². The minimum absolute atomic E-state index is 0.163. The highest BCUT2D eigenvalue weighted by molar-refractivity contribution is 7.17. The van der Waals surface area contributed by atoms with Crippen molar-refractivity contribution in [1.82, 2.24) is 14.9 Å². The van der Waals surface area contributed by atoms with Gasteiger partial charge < -0.3 is 14.8 Å². The fraction of sp³-hybridized carbons (Fsp3) is 0.200. The second-order valence-electron chi connectivity index (χ2n) is 9.07. The Morgan fingerprint density at radius 3 is 2.43 bits per heavy atom. The molecule has 0 aliphatic carbocycles. The van der Waals surface area contributed by atoms with Gasteiger partial charge in [0.1, 0.15) is 16.4 Å². The lowest BCUT2D eigenvalue weighted by atomic mass is 10.1. The van der Waals surface area contributed by atoms with Crippen molar-refractivity contribution in [2.24, 2.45) is 0 Å². The molecular weight excluding hydrogens is 482 g/mol. The van der Waals surface area contributed by atoms with E-state index >= 15 is 0 Å². The van der Waals surface area contributed by atoms with E-state index in [4.69, 9.17) is 9.72 Å². The first kappa shape index (κ1) is 24.9. The Bertz CT molecular complexity index is 1520. The molecule has 5 aromatic rings. The maximum Gasteiger partial charge on any atom is 0.260 e. The number of rotatable bonds is 10. The van der Waals surface area contributed by atoms with E-state index in [1.54, 1.807) is 7.11 Å². The highest BCUT2D eigenvalue weighted by Gasteiger charge is 2.18. The first-order valence-electron chi connectivity index (χ1n) is 12.2. The van der Waals surface area contributed by atoms with Crippen LogP contribution in [0, 0.1) is 0 Å². The number of aliphatic hydroxyl groups excluding tert-OH is 1. The Labute approximate surface area is 219 Å². The molecule has 0 aliphatic rings. The van der Waals surface area contributed by atoms with E-state index in [0.29, 0.717) is 42.1 Å².